The number of H-pyrrole nitrogens is 1. The molecule has 0 unspecified atom stereocenters. The smallest absolute Gasteiger partial charge is 0.356 e. The first-order valence-electron chi connectivity index (χ1n) is 8.72. The third kappa shape index (κ3) is 3.25. The van der Waals surface area contributed by atoms with Gasteiger partial charge in [-0.3, -0.25) is 4.79 Å². The molecule has 0 spiro atoms. The van der Waals surface area contributed by atoms with Crippen molar-refractivity contribution in [3.05, 3.63) is 29.2 Å². The molecule has 1 fully saturated rings. The van der Waals surface area contributed by atoms with Crippen molar-refractivity contribution in [3.8, 4) is 11.3 Å². The normalized spacial score (nSPS) is 20.1. The highest BCUT2D eigenvalue weighted by molar-refractivity contribution is 5.99. The number of carbonyl (C=O) groups is 1. The molecule has 0 aromatic carbocycles. The van der Waals surface area contributed by atoms with Crippen LogP contribution in [0.3, 0.4) is 0 Å². The molecule has 2 aliphatic heterocycles. The van der Waals surface area contributed by atoms with E-state index < -0.39 is 11.7 Å². The predicted octanol–water partition coefficient (Wildman–Crippen LogP) is 2.24. The van der Waals surface area contributed by atoms with Gasteiger partial charge in [-0.1, -0.05) is 0 Å². The molecule has 1 amide bonds. The van der Waals surface area contributed by atoms with E-state index in [0.29, 0.717) is 17.8 Å². The van der Waals surface area contributed by atoms with Crippen molar-refractivity contribution >= 4 is 11.9 Å². The molecule has 2 aromatic rings. The average Bonchev–Trinajstić information content (AvgIpc) is 3.15. The molecule has 4 rings (SSSR count). The molecule has 7 nitrogen and oxygen atoms in total. The molecular formula is C17H19F3N6O. The summed E-state index contributed by atoms with van der Waals surface area (Å²) >= 11 is 0. The fraction of sp³-hybridized carbons (Fsp3) is 0.471. The molecule has 10 heteroatoms. The Morgan fingerprint density at radius 2 is 2.19 bits per heavy atom. The lowest BCUT2D eigenvalue weighted by Gasteiger charge is -2.24. The van der Waals surface area contributed by atoms with Gasteiger partial charge in [0.1, 0.15) is 11.3 Å². The zero-order chi connectivity index (χ0) is 19.2. The Balaban J connectivity index is 1.75. The highest BCUT2D eigenvalue weighted by atomic mass is 19.4. The molecule has 1 saturated heterocycles. The Morgan fingerprint density at radius 3 is 2.89 bits per heavy atom. The Hall–Kier alpha value is -2.62. The third-order valence-electron chi connectivity index (χ3n) is 4.92. The van der Waals surface area contributed by atoms with E-state index in [2.05, 4.69) is 25.6 Å². The SMILES string of the molecule is CN1Cc2c(-c3nc(N[C@H]4CCCNC4)ncc3C(F)(F)F)c[nH]c2C1=O. The van der Waals surface area contributed by atoms with Crippen LogP contribution in [0.1, 0.15) is 34.5 Å². The second kappa shape index (κ2) is 6.52. The van der Waals surface area contributed by atoms with Crippen molar-refractivity contribution in [3.63, 3.8) is 0 Å². The highest BCUT2D eigenvalue weighted by Gasteiger charge is 2.38. The fourth-order valence-electron chi connectivity index (χ4n) is 3.54. The number of hydrogen-bond donors (Lipinski definition) is 3. The van der Waals surface area contributed by atoms with Crippen LogP contribution in [0.4, 0.5) is 19.1 Å². The van der Waals surface area contributed by atoms with Gasteiger partial charge in [-0.2, -0.15) is 13.2 Å². The average molecular weight is 380 g/mol. The third-order valence-corrected chi connectivity index (χ3v) is 4.92. The molecule has 0 radical (unpaired) electrons. The zero-order valence-corrected chi connectivity index (χ0v) is 14.7. The van der Waals surface area contributed by atoms with E-state index in [0.717, 1.165) is 25.6 Å². The fourth-order valence-corrected chi connectivity index (χ4v) is 3.54. The summed E-state index contributed by atoms with van der Waals surface area (Å²) < 4.78 is 40.6. The zero-order valence-electron chi connectivity index (χ0n) is 14.7. The number of amides is 1. The van der Waals surface area contributed by atoms with Crippen molar-refractivity contribution in [2.75, 3.05) is 25.5 Å². The van der Waals surface area contributed by atoms with E-state index in [1.165, 1.54) is 11.1 Å². The number of nitrogens with one attached hydrogen (secondary N) is 3. The lowest BCUT2D eigenvalue weighted by atomic mass is 10.0. The molecule has 1 atom stereocenters. The highest BCUT2D eigenvalue weighted by Crippen LogP contribution is 2.39. The van der Waals surface area contributed by atoms with Crippen molar-refractivity contribution in [1.29, 1.82) is 0 Å². The molecule has 0 aliphatic carbocycles. The number of halogens is 3. The first-order chi connectivity index (χ1) is 12.8. The minimum Gasteiger partial charge on any atom is -0.356 e. The maximum atomic E-state index is 13.5. The molecule has 144 valence electrons. The van der Waals surface area contributed by atoms with Gasteiger partial charge < -0.3 is 20.5 Å². The van der Waals surface area contributed by atoms with Gasteiger partial charge in [0.25, 0.3) is 5.91 Å². The second-order valence-electron chi connectivity index (χ2n) is 6.86. The van der Waals surface area contributed by atoms with Crippen LogP contribution in [0.5, 0.6) is 0 Å². The van der Waals surface area contributed by atoms with E-state index in [9.17, 15) is 18.0 Å². The Labute approximate surface area is 153 Å². The number of anilines is 1. The van der Waals surface area contributed by atoms with Crippen molar-refractivity contribution in [2.45, 2.75) is 31.6 Å². The minimum absolute atomic E-state index is 0.0630. The van der Waals surface area contributed by atoms with Crippen LogP contribution < -0.4 is 10.6 Å². The van der Waals surface area contributed by atoms with E-state index in [1.807, 2.05) is 0 Å². The molecular weight excluding hydrogens is 361 g/mol. The molecule has 0 saturated carbocycles. The summed E-state index contributed by atoms with van der Waals surface area (Å²) in [4.78, 5) is 24.4. The van der Waals surface area contributed by atoms with Gasteiger partial charge in [0.05, 0.1) is 5.69 Å². The van der Waals surface area contributed by atoms with Crippen LogP contribution in [0.15, 0.2) is 12.4 Å². The van der Waals surface area contributed by atoms with E-state index in [1.54, 1.807) is 7.05 Å². The number of rotatable bonds is 3. The van der Waals surface area contributed by atoms with Crippen LogP contribution in [-0.4, -0.2) is 51.9 Å². The predicted molar refractivity (Wildman–Crippen MR) is 92.1 cm³/mol. The summed E-state index contributed by atoms with van der Waals surface area (Å²) in [5.74, 6) is -0.0928. The van der Waals surface area contributed by atoms with E-state index in [-0.39, 0.29) is 35.7 Å². The number of aromatic nitrogens is 3. The van der Waals surface area contributed by atoms with Gasteiger partial charge in [-0.25, -0.2) is 9.97 Å². The van der Waals surface area contributed by atoms with Gasteiger partial charge in [0.2, 0.25) is 5.95 Å². The standard InChI is InChI=1S/C17H19F3N6O/c1-26-8-11-10(6-22-14(11)15(26)27)13-12(17(18,19)20)7-23-16(25-13)24-9-3-2-4-21-5-9/h6-7,9,21-22H,2-5,8H2,1H3,(H,23,24,25)/t9-/m0/s1. The summed E-state index contributed by atoms with van der Waals surface area (Å²) in [7, 11) is 1.60. The van der Waals surface area contributed by atoms with Crippen molar-refractivity contribution < 1.29 is 18.0 Å². The van der Waals surface area contributed by atoms with E-state index >= 15 is 0 Å². The number of carbonyl (C=O) groups excluding carboxylic acids is 1. The Morgan fingerprint density at radius 1 is 1.37 bits per heavy atom. The Kier molecular flexibility index (Phi) is 4.29. The number of hydrogen-bond acceptors (Lipinski definition) is 5. The number of fused-ring (bicyclic) bond motifs is 1. The van der Waals surface area contributed by atoms with Gasteiger partial charge in [-0.15, -0.1) is 0 Å². The number of piperidine rings is 1. The van der Waals surface area contributed by atoms with Crippen LogP contribution in [0.2, 0.25) is 0 Å². The monoisotopic (exact) mass is 380 g/mol. The first kappa shape index (κ1) is 17.8. The molecule has 3 N–H and O–H groups in total. The minimum atomic E-state index is -4.60. The molecule has 4 heterocycles. The maximum absolute atomic E-state index is 13.5. The quantitative estimate of drug-likeness (QED) is 0.760. The number of alkyl halides is 3. The summed E-state index contributed by atoms with van der Waals surface area (Å²) in [5.41, 5.74) is -0.0209. The largest absolute Gasteiger partial charge is 0.419 e. The van der Waals surface area contributed by atoms with Gasteiger partial charge in [0.15, 0.2) is 0 Å². The second-order valence-corrected chi connectivity index (χ2v) is 6.86. The van der Waals surface area contributed by atoms with Crippen LogP contribution in [-0.2, 0) is 12.7 Å². The Bertz CT molecular complexity index is 872. The summed E-state index contributed by atoms with van der Waals surface area (Å²) in [6, 6.07) is 0.0630. The lowest BCUT2D eigenvalue weighted by molar-refractivity contribution is -0.137. The number of aromatic amines is 1. The van der Waals surface area contributed by atoms with E-state index in [4.69, 9.17) is 0 Å². The lowest BCUT2D eigenvalue weighted by Crippen LogP contribution is -2.38. The van der Waals surface area contributed by atoms with Crippen molar-refractivity contribution in [2.24, 2.45) is 0 Å². The van der Waals surface area contributed by atoms with Crippen LogP contribution >= 0.6 is 0 Å². The van der Waals surface area contributed by atoms with Crippen LogP contribution in [0.25, 0.3) is 11.3 Å². The summed E-state index contributed by atoms with van der Waals surface area (Å²) in [6.45, 7) is 1.87. The topological polar surface area (TPSA) is 85.9 Å². The first-order valence-corrected chi connectivity index (χ1v) is 8.72. The number of nitrogens with zero attached hydrogens (tertiary/aromatic N) is 3. The van der Waals surface area contributed by atoms with Crippen molar-refractivity contribution in [1.82, 2.24) is 25.2 Å². The van der Waals surface area contributed by atoms with Crippen LogP contribution in [0, 0.1) is 0 Å². The summed E-state index contributed by atoms with van der Waals surface area (Å²) in [6.07, 6.45) is -0.505. The van der Waals surface area contributed by atoms with Gasteiger partial charge in [0, 0.05) is 49.7 Å². The molecule has 0 bridgehead atoms. The van der Waals surface area contributed by atoms with Gasteiger partial charge in [-0.05, 0) is 19.4 Å². The maximum Gasteiger partial charge on any atom is 0.419 e. The molecule has 2 aromatic heterocycles. The van der Waals surface area contributed by atoms with Gasteiger partial charge >= 0.3 is 6.18 Å². The molecule has 27 heavy (non-hydrogen) atoms. The molecule has 2 aliphatic rings. The summed E-state index contributed by atoms with van der Waals surface area (Å²) in [5, 5.41) is 6.34.